The van der Waals surface area contributed by atoms with Gasteiger partial charge < -0.3 is 0 Å². The molecule has 0 aliphatic carbocycles. The fourth-order valence-corrected chi connectivity index (χ4v) is 1.56. The highest BCUT2D eigenvalue weighted by molar-refractivity contribution is 7.29. The second kappa shape index (κ2) is 2.20. The van der Waals surface area contributed by atoms with E-state index in [1.807, 2.05) is 11.2 Å². The Morgan fingerprint density at radius 3 is 2.86 bits per heavy atom. The first-order valence-corrected chi connectivity index (χ1v) is 3.69. The second-order valence-corrected chi connectivity index (χ2v) is 2.76. The topological polar surface area (TPSA) is 17.1 Å². The monoisotopic (exact) mass is 130 g/mol. The van der Waals surface area contributed by atoms with E-state index in [4.69, 9.17) is 0 Å². The molecular formula is C4H3OPS. The third-order valence-corrected chi connectivity index (χ3v) is 2.21. The summed E-state index contributed by atoms with van der Waals surface area (Å²) in [6, 6.07) is 0. The first-order chi connectivity index (χ1) is 3.39. The molecule has 0 amide bonds. The van der Waals surface area contributed by atoms with E-state index in [1.54, 1.807) is 5.80 Å². The van der Waals surface area contributed by atoms with Crippen LogP contribution in [0.15, 0.2) is 21.8 Å². The number of hydrogen-bond acceptors (Lipinski definition) is 2. The minimum absolute atomic E-state index is 0.157. The van der Waals surface area contributed by atoms with Crippen molar-refractivity contribution in [2.75, 3.05) is 0 Å². The Hall–Kier alpha value is -0.200. The highest BCUT2D eigenvalue weighted by Gasteiger charge is 1.72. The Balaban J connectivity index is 3.28. The van der Waals surface area contributed by atoms with Crippen molar-refractivity contribution in [2.24, 2.45) is 0 Å². The van der Waals surface area contributed by atoms with E-state index in [2.05, 4.69) is 0 Å². The van der Waals surface area contributed by atoms with E-state index in [1.165, 1.54) is 11.3 Å². The van der Waals surface area contributed by atoms with Gasteiger partial charge in [-0.3, -0.25) is 4.79 Å². The number of hydrogen-bond donors (Lipinski definition) is 0. The van der Waals surface area contributed by atoms with Crippen molar-refractivity contribution in [3.8, 4) is 0 Å². The third-order valence-electron chi connectivity index (χ3n) is 0.511. The van der Waals surface area contributed by atoms with Crippen LogP contribution < -0.4 is 4.74 Å². The maximum Gasteiger partial charge on any atom is 0.236 e. The van der Waals surface area contributed by atoms with E-state index < -0.39 is 0 Å². The van der Waals surface area contributed by atoms with Crippen molar-refractivity contribution in [3.05, 3.63) is 26.5 Å². The zero-order chi connectivity index (χ0) is 5.11. The molecule has 0 unspecified atom stereocenters. The molecule has 1 nitrogen and oxygen atoms in total. The number of rotatable bonds is 0. The summed E-state index contributed by atoms with van der Waals surface area (Å²) in [5, 5.41) is 1.81. The van der Waals surface area contributed by atoms with Crippen LogP contribution in [0.1, 0.15) is 0 Å². The predicted octanol–water partition coefficient (Wildman–Crippen LogP) is 1.69. The maximum atomic E-state index is 10.3. The summed E-state index contributed by atoms with van der Waals surface area (Å²) >= 11 is 1.24. The highest BCUT2D eigenvalue weighted by atomic mass is 32.1. The fourth-order valence-electron chi connectivity index (χ4n) is 0.267. The van der Waals surface area contributed by atoms with Gasteiger partial charge in [0, 0.05) is 5.80 Å². The molecule has 1 rings (SSSR count). The van der Waals surface area contributed by atoms with Gasteiger partial charge in [-0.05, 0) is 11.2 Å². The van der Waals surface area contributed by atoms with Crippen LogP contribution in [0.5, 0.6) is 0 Å². The van der Waals surface area contributed by atoms with Crippen LogP contribution in [0, 0.1) is 0 Å². The van der Waals surface area contributed by atoms with Crippen molar-refractivity contribution < 1.29 is 0 Å². The fraction of sp³-hybridized carbons (Fsp3) is 0. The standard InChI is InChI=1S/C4H3OPS/c5-4-3-6-1-2-7-4/h1-3H. The lowest BCUT2D eigenvalue weighted by Gasteiger charge is -1.68. The summed E-state index contributed by atoms with van der Waals surface area (Å²) in [4.78, 5) is 10.3. The van der Waals surface area contributed by atoms with Gasteiger partial charge >= 0.3 is 0 Å². The SMILES string of the molecule is O=c1cpccs1. The summed E-state index contributed by atoms with van der Waals surface area (Å²) in [5.74, 6) is 3.58. The summed E-state index contributed by atoms with van der Waals surface area (Å²) in [5.41, 5.74) is 0. The van der Waals surface area contributed by atoms with E-state index in [0.717, 1.165) is 8.19 Å². The van der Waals surface area contributed by atoms with Crippen LogP contribution in [-0.2, 0) is 0 Å². The molecule has 0 N–H and O–H groups in total. The van der Waals surface area contributed by atoms with Gasteiger partial charge in [-0.1, -0.05) is 8.19 Å². The first-order valence-electron chi connectivity index (χ1n) is 1.78. The molecule has 0 aromatic carbocycles. The molecule has 1 aromatic heterocycles. The van der Waals surface area contributed by atoms with Gasteiger partial charge in [0.2, 0.25) is 4.74 Å². The molecule has 0 atom stereocenters. The van der Waals surface area contributed by atoms with Crippen LogP contribution >= 0.6 is 19.5 Å². The minimum atomic E-state index is 0.157. The molecule has 0 saturated carbocycles. The Kier molecular flexibility index (Phi) is 1.55. The third kappa shape index (κ3) is 1.38. The van der Waals surface area contributed by atoms with Crippen LogP contribution in [0.25, 0.3) is 0 Å². The van der Waals surface area contributed by atoms with Crippen molar-refractivity contribution in [2.45, 2.75) is 0 Å². The first kappa shape index (κ1) is 4.95. The molecule has 3 heteroatoms. The van der Waals surface area contributed by atoms with Gasteiger partial charge in [0.15, 0.2) is 0 Å². The average Bonchev–Trinajstić information content (AvgIpc) is 1.69. The predicted molar refractivity (Wildman–Crippen MR) is 33.1 cm³/mol. The molecule has 1 heterocycles. The second-order valence-electron chi connectivity index (χ2n) is 1.00. The van der Waals surface area contributed by atoms with Gasteiger partial charge in [0.05, 0.1) is 0 Å². The highest BCUT2D eigenvalue weighted by Crippen LogP contribution is 1.97. The molecule has 0 saturated heterocycles. The molecular weight excluding hydrogens is 127 g/mol. The molecule has 0 fully saturated rings. The molecule has 7 heavy (non-hydrogen) atoms. The van der Waals surface area contributed by atoms with Crippen molar-refractivity contribution in [1.29, 1.82) is 0 Å². The smallest absolute Gasteiger partial charge is 0.236 e. The van der Waals surface area contributed by atoms with Crippen molar-refractivity contribution in [1.82, 2.24) is 0 Å². The Bertz CT molecular complexity index is 177. The van der Waals surface area contributed by atoms with Crippen molar-refractivity contribution in [3.63, 3.8) is 0 Å². The average molecular weight is 130 g/mol. The van der Waals surface area contributed by atoms with Crippen LogP contribution in [0.2, 0.25) is 0 Å². The zero-order valence-corrected chi connectivity index (χ0v) is 5.21. The zero-order valence-electron chi connectivity index (χ0n) is 3.50. The van der Waals surface area contributed by atoms with Crippen LogP contribution in [0.4, 0.5) is 0 Å². The van der Waals surface area contributed by atoms with E-state index in [0.29, 0.717) is 0 Å². The maximum absolute atomic E-state index is 10.3. The molecule has 0 spiro atoms. The lowest BCUT2D eigenvalue weighted by atomic mass is 11.1. The lowest BCUT2D eigenvalue weighted by Crippen LogP contribution is -1.82. The molecule has 36 valence electrons. The Morgan fingerprint density at radius 1 is 1.71 bits per heavy atom. The summed E-state index contributed by atoms with van der Waals surface area (Å²) in [6.45, 7) is 0. The van der Waals surface area contributed by atoms with E-state index in [9.17, 15) is 4.79 Å². The van der Waals surface area contributed by atoms with Crippen molar-refractivity contribution >= 4 is 19.5 Å². The van der Waals surface area contributed by atoms with Crippen LogP contribution in [0.3, 0.4) is 0 Å². The molecule has 1 aromatic rings. The van der Waals surface area contributed by atoms with Crippen LogP contribution in [-0.4, -0.2) is 0 Å². The largest absolute Gasteiger partial charge is 0.277 e. The van der Waals surface area contributed by atoms with Gasteiger partial charge in [0.1, 0.15) is 0 Å². The quantitative estimate of drug-likeness (QED) is 0.522. The molecule has 0 aliphatic rings. The van der Waals surface area contributed by atoms with Gasteiger partial charge in [0.25, 0.3) is 0 Å². The normalized spacial score (nSPS) is 9.71. The molecule has 0 bridgehead atoms. The van der Waals surface area contributed by atoms with Gasteiger partial charge in [-0.2, -0.15) is 0 Å². The molecule has 0 aliphatic heterocycles. The molecule has 0 radical (unpaired) electrons. The Morgan fingerprint density at radius 2 is 2.57 bits per heavy atom. The lowest BCUT2D eigenvalue weighted by molar-refractivity contribution is 1.97. The van der Waals surface area contributed by atoms with E-state index in [-0.39, 0.29) is 4.74 Å². The minimum Gasteiger partial charge on any atom is -0.277 e. The summed E-state index contributed by atoms with van der Waals surface area (Å²) < 4.78 is 0.157. The van der Waals surface area contributed by atoms with Gasteiger partial charge in [-0.25, -0.2) is 0 Å². The summed E-state index contributed by atoms with van der Waals surface area (Å²) in [7, 11) is 1.02. The van der Waals surface area contributed by atoms with Gasteiger partial charge in [-0.15, -0.1) is 11.3 Å². The summed E-state index contributed by atoms with van der Waals surface area (Å²) in [6.07, 6.45) is 0. The van der Waals surface area contributed by atoms with E-state index >= 15 is 0 Å². The Labute approximate surface area is 46.7 Å².